The van der Waals surface area contributed by atoms with Gasteiger partial charge in [0.15, 0.2) is 0 Å². The summed E-state index contributed by atoms with van der Waals surface area (Å²) in [6.45, 7) is 7.49. The van der Waals surface area contributed by atoms with E-state index in [1.165, 1.54) is 6.42 Å². The van der Waals surface area contributed by atoms with Gasteiger partial charge >= 0.3 is 0 Å². The van der Waals surface area contributed by atoms with Gasteiger partial charge < -0.3 is 25.3 Å². The van der Waals surface area contributed by atoms with Crippen LogP contribution in [0.25, 0.3) is 11.0 Å². The Morgan fingerprint density at radius 2 is 2.22 bits per heavy atom. The van der Waals surface area contributed by atoms with Crippen LogP contribution in [0, 0.1) is 0 Å². The lowest BCUT2D eigenvalue weighted by Crippen LogP contribution is -2.44. The van der Waals surface area contributed by atoms with Crippen LogP contribution in [0.15, 0.2) is 16.9 Å². The predicted octanol–water partition coefficient (Wildman–Crippen LogP) is 3.27. The number of pyridine rings is 1. The summed E-state index contributed by atoms with van der Waals surface area (Å²) in [7, 11) is 2.00. The van der Waals surface area contributed by atoms with E-state index in [4.69, 9.17) is 4.74 Å². The Hall–Kier alpha value is -1.64. The zero-order valence-electron chi connectivity index (χ0n) is 16.3. The number of ether oxygens (including phenoxy) is 1. The highest BCUT2D eigenvalue weighted by molar-refractivity contribution is 9.10. The molecule has 3 heterocycles. The molecule has 8 heteroatoms. The molecular formula is C19H28BrN5O2. The zero-order chi connectivity index (χ0) is 19.6. The lowest BCUT2D eigenvalue weighted by Gasteiger charge is -2.35. The second-order valence-corrected chi connectivity index (χ2v) is 8.13. The molecule has 2 aromatic heterocycles. The van der Waals surface area contributed by atoms with E-state index in [0.29, 0.717) is 6.04 Å². The minimum Gasteiger partial charge on any atom is -0.368 e. The molecule has 0 radical (unpaired) electrons. The standard InChI is InChI=1S/C19H28BrN5O2/c1-11(2)27-12(3)19(26)24-15-9-23-18-16(15)17(14(20)8-22-18)25-7-5-6-13(10-25)21-4/h8-9,11-13,21H,5-7,10H2,1-4H3,(H,22,23)(H,24,26)/t12?,13-/m1/s1. The molecule has 1 fully saturated rings. The lowest BCUT2D eigenvalue weighted by molar-refractivity contribution is -0.128. The second kappa shape index (κ2) is 8.58. The SMILES string of the molecule is CN[C@@H]1CCCN(c2c(Br)cnc3[nH]cc(NC(=O)C(C)OC(C)C)c23)C1. The van der Waals surface area contributed by atoms with Crippen molar-refractivity contribution in [1.29, 1.82) is 0 Å². The van der Waals surface area contributed by atoms with E-state index in [2.05, 4.69) is 41.4 Å². The maximum absolute atomic E-state index is 12.6. The summed E-state index contributed by atoms with van der Waals surface area (Å²) >= 11 is 3.67. The number of carbonyl (C=O) groups is 1. The Labute approximate surface area is 168 Å². The van der Waals surface area contributed by atoms with Gasteiger partial charge in [0.1, 0.15) is 11.8 Å². The Morgan fingerprint density at radius 3 is 2.93 bits per heavy atom. The third-order valence-corrected chi connectivity index (χ3v) is 5.46. The third kappa shape index (κ3) is 4.44. The fraction of sp³-hybridized carbons (Fsp3) is 0.579. The van der Waals surface area contributed by atoms with Gasteiger partial charge in [-0.05, 0) is 56.6 Å². The summed E-state index contributed by atoms with van der Waals surface area (Å²) in [6, 6.07) is 0.449. The van der Waals surface area contributed by atoms with Gasteiger partial charge in [-0.2, -0.15) is 0 Å². The van der Waals surface area contributed by atoms with E-state index in [1.54, 1.807) is 13.1 Å². The molecule has 7 nitrogen and oxygen atoms in total. The first kappa shape index (κ1) is 20.1. The van der Waals surface area contributed by atoms with Crippen LogP contribution in [-0.4, -0.2) is 54.3 Å². The van der Waals surface area contributed by atoms with E-state index in [0.717, 1.165) is 46.4 Å². The summed E-state index contributed by atoms with van der Waals surface area (Å²) in [5.41, 5.74) is 2.55. The van der Waals surface area contributed by atoms with Crippen LogP contribution in [0.5, 0.6) is 0 Å². The number of likely N-dealkylation sites (N-methyl/N-ethyl adjacent to an activating group) is 1. The van der Waals surface area contributed by atoms with Gasteiger partial charge in [-0.1, -0.05) is 0 Å². The van der Waals surface area contributed by atoms with Crippen molar-refractivity contribution in [1.82, 2.24) is 15.3 Å². The van der Waals surface area contributed by atoms with Gasteiger partial charge in [-0.3, -0.25) is 4.79 Å². The average molecular weight is 438 g/mol. The van der Waals surface area contributed by atoms with Gasteiger partial charge in [0.05, 0.1) is 27.3 Å². The van der Waals surface area contributed by atoms with Gasteiger partial charge in [0.2, 0.25) is 0 Å². The number of hydrogen-bond acceptors (Lipinski definition) is 5. The van der Waals surface area contributed by atoms with Crippen molar-refractivity contribution >= 4 is 44.2 Å². The highest BCUT2D eigenvalue weighted by Crippen LogP contribution is 2.39. The zero-order valence-corrected chi connectivity index (χ0v) is 17.9. The Morgan fingerprint density at radius 1 is 1.44 bits per heavy atom. The molecule has 1 unspecified atom stereocenters. The topological polar surface area (TPSA) is 82.3 Å². The fourth-order valence-corrected chi connectivity index (χ4v) is 4.14. The molecule has 1 saturated heterocycles. The molecule has 0 aliphatic carbocycles. The summed E-state index contributed by atoms with van der Waals surface area (Å²) < 4.78 is 6.53. The Bertz CT molecular complexity index is 807. The summed E-state index contributed by atoms with van der Waals surface area (Å²) in [4.78, 5) is 22.6. The number of aromatic amines is 1. The van der Waals surface area contributed by atoms with Crippen molar-refractivity contribution in [2.45, 2.75) is 51.9 Å². The molecule has 3 rings (SSSR count). The molecule has 2 atom stereocenters. The van der Waals surface area contributed by atoms with Crippen LogP contribution in [0.1, 0.15) is 33.6 Å². The van der Waals surface area contributed by atoms with Gasteiger partial charge in [-0.25, -0.2) is 4.98 Å². The minimum absolute atomic E-state index is 0.00748. The van der Waals surface area contributed by atoms with Crippen LogP contribution in [-0.2, 0) is 9.53 Å². The molecule has 0 bridgehead atoms. The number of nitrogens with one attached hydrogen (secondary N) is 3. The largest absolute Gasteiger partial charge is 0.368 e. The molecule has 0 aromatic carbocycles. The monoisotopic (exact) mass is 437 g/mol. The van der Waals surface area contributed by atoms with Gasteiger partial charge in [0.25, 0.3) is 5.91 Å². The maximum atomic E-state index is 12.6. The van der Waals surface area contributed by atoms with Crippen LogP contribution >= 0.6 is 15.9 Å². The van der Waals surface area contributed by atoms with Gasteiger partial charge in [0, 0.05) is 31.5 Å². The molecule has 148 valence electrons. The predicted molar refractivity (Wildman–Crippen MR) is 112 cm³/mol. The molecule has 0 spiro atoms. The number of H-pyrrole nitrogens is 1. The average Bonchev–Trinajstić information content (AvgIpc) is 3.04. The first-order valence-electron chi connectivity index (χ1n) is 9.44. The molecular weight excluding hydrogens is 410 g/mol. The van der Waals surface area contributed by atoms with E-state index in [1.807, 2.05) is 27.1 Å². The number of hydrogen-bond donors (Lipinski definition) is 3. The number of piperidine rings is 1. The number of rotatable bonds is 6. The van der Waals surface area contributed by atoms with Crippen molar-refractivity contribution < 1.29 is 9.53 Å². The molecule has 0 saturated carbocycles. The lowest BCUT2D eigenvalue weighted by atomic mass is 10.0. The molecule has 1 aliphatic heterocycles. The highest BCUT2D eigenvalue weighted by Gasteiger charge is 2.25. The van der Waals surface area contributed by atoms with Crippen LogP contribution in [0.3, 0.4) is 0 Å². The van der Waals surface area contributed by atoms with E-state index >= 15 is 0 Å². The number of nitrogens with zero attached hydrogens (tertiary/aromatic N) is 2. The third-order valence-electron chi connectivity index (χ3n) is 4.88. The second-order valence-electron chi connectivity index (χ2n) is 7.27. The molecule has 27 heavy (non-hydrogen) atoms. The number of anilines is 2. The van der Waals surface area contributed by atoms with Crippen molar-refractivity contribution in [3.8, 4) is 0 Å². The smallest absolute Gasteiger partial charge is 0.253 e. The number of halogens is 1. The fourth-order valence-electron chi connectivity index (χ4n) is 3.58. The van der Waals surface area contributed by atoms with Crippen molar-refractivity contribution in [2.75, 3.05) is 30.4 Å². The van der Waals surface area contributed by atoms with Crippen molar-refractivity contribution in [2.24, 2.45) is 0 Å². The summed E-state index contributed by atoms with van der Waals surface area (Å²) in [5.74, 6) is -0.165. The summed E-state index contributed by atoms with van der Waals surface area (Å²) in [5, 5.41) is 7.30. The van der Waals surface area contributed by atoms with Crippen LogP contribution in [0.4, 0.5) is 11.4 Å². The first-order valence-corrected chi connectivity index (χ1v) is 10.2. The molecule has 1 aliphatic rings. The number of fused-ring (bicyclic) bond motifs is 1. The van der Waals surface area contributed by atoms with Crippen molar-refractivity contribution in [3.05, 3.63) is 16.9 Å². The quantitative estimate of drug-likeness (QED) is 0.645. The molecule has 1 amide bonds. The van der Waals surface area contributed by atoms with E-state index in [-0.39, 0.29) is 12.0 Å². The van der Waals surface area contributed by atoms with E-state index in [9.17, 15) is 4.79 Å². The van der Waals surface area contributed by atoms with Crippen molar-refractivity contribution in [3.63, 3.8) is 0 Å². The molecule has 3 N–H and O–H groups in total. The van der Waals surface area contributed by atoms with Crippen LogP contribution < -0.4 is 15.5 Å². The Balaban J connectivity index is 1.94. The summed E-state index contributed by atoms with van der Waals surface area (Å²) in [6.07, 6.45) is 5.36. The number of aromatic nitrogens is 2. The maximum Gasteiger partial charge on any atom is 0.253 e. The minimum atomic E-state index is -0.526. The highest BCUT2D eigenvalue weighted by atomic mass is 79.9. The number of carbonyl (C=O) groups excluding carboxylic acids is 1. The van der Waals surface area contributed by atoms with Gasteiger partial charge in [-0.15, -0.1) is 0 Å². The normalized spacial score (nSPS) is 18.9. The Kier molecular flexibility index (Phi) is 6.39. The van der Waals surface area contributed by atoms with E-state index < -0.39 is 6.10 Å². The molecule has 2 aromatic rings. The van der Waals surface area contributed by atoms with Crippen LogP contribution in [0.2, 0.25) is 0 Å². The first-order chi connectivity index (χ1) is 12.9. The number of amides is 1.